The van der Waals surface area contributed by atoms with E-state index >= 15 is 0 Å². The summed E-state index contributed by atoms with van der Waals surface area (Å²) in [4.78, 5) is 0. The molecule has 0 unspecified atom stereocenters. The first-order valence-electron chi connectivity index (χ1n) is 6.82. The Hall–Kier alpha value is -1.61. The maximum atomic E-state index is 5.62. The summed E-state index contributed by atoms with van der Waals surface area (Å²) >= 11 is 0. The summed E-state index contributed by atoms with van der Waals surface area (Å²) in [5.41, 5.74) is 13.4. The topological polar surface area (TPSA) is 43.8 Å². The molecular formula is C16H23N3. The number of aromatic nitrogens is 2. The fourth-order valence-corrected chi connectivity index (χ4v) is 2.56. The van der Waals surface area contributed by atoms with E-state index < -0.39 is 0 Å². The molecular weight excluding hydrogens is 234 g/mol. The van der Waals surface area contributed by atoms with E-state index in [1.807, 2.05) is 4.68 Å². The molecule has 19 heavy (non-hydrogen) atoms. The molecule has 3 nitrogen and oxygen atoms in total. The van der Waals surface area contributed by atoms with E-state index in [0.29, 0.717) is 6.54 Å². The summed E-state index contributed by atoms with van der Waals surface area (Å²) in [6.45, 7) is 9.95. The lowest BCUT2D eigenvalue weighted by Gasteiger charge is -2.08. The molecule has 1 heterocycles. The second-order valence-corrected chi connectivity index (χ2v) is 5.27. The molecule has 0 fully saturated rings. The minimum Gasteiger partial charge on any atom is -0.329 e. The zero-order valence-corrected chi connectivity index (χ0v) is 12.3. The van der Waals surface area contributed by atoms with Crippen molar-refractivity contribution in [1.29, 1.82) is 0 Å². The first-order chi connectivity index (χ1) is 9.02. The van der Waals surface area contributed by atoms with Gasteiger partial charge in [-0.25, -0.2) is 0 Å². The van der Waals surface area contributed by atoms with Gasteiger partial charge >= 0.3 is 0 Å². The number of hydrogen-bond acceptors (Lipinski definition) is 2. The van der Waals surface area contributed by atoms with Crippen molar-refractivity contribution < 1.29 is 0 Å². The van der Waals surface area contributed by atoms with Crippen molar-refractivity contribution in [3.05, 3.63) is 51.8 Å². The number of aryl methyl sites for hydroxylation is 3. The van der Waals surface area contributed by atoms with Gasteiger partial charge in [-0.3, -0.25) is 4.68 Å². The third-order valence-electron chi connectivity index (χ3n) is 3.74. The average molecular weight is 257 g/mol. The van der Waals surface area contributed by atoms with Crippen molar-refractivity contribution in [2.24, 2.45) is 5.73 Å². The lowest BCUT2D eigenvalue weighted by Crippen LogP contribution is -2.12. The predicted molar refractivity (Wildman–Crippen MR) is 79.5 cm³/mol. The molecule has 0 aliphatic carbocycles. The number of rotatable bonds is 4. The summed E-state index contributed by atoms with van der Waals surface area (Å²) in [7, 11) is 0. The van der Waals surface area contributed by atoms with Crippen LogP contribution in [-0.4, -0.2) is 16.3 Å². The zero-order valence-electron chi connectivity index (χ0n) is 12.3. The highest BCUT2D eigenvalue weighted by atomic mass is 15.3. The first-order valence-corrected chi connectivity index (χ1v) is 6.82. The van der Waals surface area contributed by atoms with Crippen molar-refractivity contribution in [3.63, 3.8) is 0 Å². The Balaban J connectivity index is 2.33. The van der Waals surface area contributed by atoms with Gasteiger partial charge in [-0.15, -0.1) is 0 Å². The average Bonchev–Trinajstić information content (AvgIpc) is 2.60. The Kier molecular flexibility index (Phi) is 4.05. The molecule has 0 saturated carbocycles. The Morgan fingerprint density at radius 1 is 1.16 bits per heavy atom. The highest BCUT2D eigenvalue weighted by molar-refractivity contribution is 5.37. The van der Waals surface area contributed by atoms with Crippen molar-refractivity contribution in [1.82, 2.24) is 9.78 Å². The molecule has 2 aromatic rings. The van der Waals surface area contributed by atoms with Crippen LogP contribution in [0, 0.1) is 27.7 Å². The van der Waals surface area contributed by atoms with E-state index in [1.165, 1.54) is 27.9 Å². The van der Waals surface area contributed by atoms with Gasteiger partial charge in [0.05, 0.1) is 12.2 Å². The fourth-order valence-electron chi connectivity index (χ4n) is 2.56. The van der Waals surface area contributed by atoms with Crippen LogP contribution in [-0.2, 0) is 13.0 Å². The number of benzene rings is 1. The second kappa shape index (κ2) is 5.57. The van der Waals surface area contributed by atoms with E-state index in [0.717, 1.165) is 18.7 Å². The molecule has 0 aliphatic heterocycles. The van der Waals surface area contributed by atoms with Crippen LogP contribution in [0.2, 0.25) is 0 Å². The highest BCUT2D eigenvalue weighted by Crippen LogP contribution is 2.20. The van der Waals surface area contributed by atoms with Crippen LogP contribution >= 0.6 is 0 Å². The van der Waals surface area contributed by atoms with Gasteiger partial charge in [-0.2, -0.15) is 5.10 Å². The first kappa shape index (κ1) is 13.8. The van der Waals surface area contributed by atoms with Crippen LogP contribution in [0.5, 0.6) is 0 Å². The van der Waals surface area contributed by atoms with Crippen LogP contribution in [0.15, 0.2) is 18.2 Å². The highest BCUT2D eigenvalue weighted by Gasteiger charge is 2.12. The third kappa shape index (κ3) is 2.87. The maximum Gasteiger partial charge on any atom is 0.0631 e. The molecule has 0 atom stereocenters. The Labute approximate surface area is 115 Å². The van der Waals surface area contributed by atoms with Crippen LogP contribution in [0.25, 0.3) is 0 Å². The van der Waals surface area contributed by atoms with Crippen molar-refractivity contribution >= 4 is 0 Å². The van der Waals surface area contributed by atoms with Gasteiger partial charge in [0, 0.05) is 24.2 Å². The normalized spacial score (nSPS) is 11.0. The number of nitrogens with two attached hydrogens (primary N) is 1. The van der Waals surface area contributed by atoms with Crippen LogP contribution in [0.4, 0.5) is 0 Å². The van der Waals surface area contributed by atoms with Gasteiger partial charge in [0.2, 0.25) is 0 Å². The molecule has 2 N–H and O–H groups in total. The summed E-state index contributed by atoms with van der Waals surface area (Å²) < 4.78 is 2.02. The number of nitrogens with zero attached hydrogens (tertiary/aromatic N) is 2. The van der Waals surface area contributed by atoms with Gasteiger partial charge < -0.3 is 5.73 Å². The lowest BCUT2D eigenvalue weighted by molar-refractivity contribution is 0.603. The molecule has 1 aromatic heterocycles. The van der Waals surface area contributed by atoms with Gasteiger partial charge in [0.25, 0.3) is 0 Å². The van der Waals surface area contributed by atoms with E-state index in [4.69, 9.17) is 5.73 Å². The van der Waals surface area contributed by atoms with Crippen LogP contribution in [0.3, 0.4) is 0 Å². The summed E-state index contributed by atoms with van der Waals surface area (Å²) in [6, 6.07) is 6.64. The number of hydrogen-bond donors (Lipinski definition) is 1. The molecule has 2 rings (SSSR count). The Morgan fingerprint density at radius 3 is 2.53 bits per heavy atom. The predicted octanol–water partition coefficient (Wildman–Crippen LogP) is 2.67. The molecule has 3 heteroatoms. The Morgan fingerprint density at radius 2 is 1.89 bits per heavy atom. The largest absolute Gasteiger partial charge is 0.329 e. The Bertz CT molecular complexity index is 582. The molecule has 0 amide bonds. The summed E-state index contributed by atoms with van der Waals surface area (Å²) in [5.74, 6) is 0. The van der Waals surface area contributed by atoms with E-state index in [1.54, 1.807) is 0 Å². The van der Waals surface area contributed by atoms with Crippen molar-refractivity contribution in [2.45, 2.75) is 40.7 Å². The smallest absolute Gasteiger partial charge is 0.0631 e. The molecule has 0 saturated heterocycles. The second-order valence-electron chi connectivity index (χ2n) is 5.27. The van der Waals surface area contributed by atoms with Crippen molar-refractivity contribution in [2.75, 3.05) is 6.54 Å². The maximum absolute atomic E-state index is 5.62. The molecule has 1 aromatic carbocycles. The lowest BCUT2D eigenvalue weighted by atomic mass is 9.98. The van der Waals surface area contributed by atoms with E-state index in [-0.39, 0.29) is 0 Å². The zero-order chi connectivity index (χ0) is 14.0. The minimum absolute atomic E-state index is 0.630. The standard InChI is InChI=1S/C16H23N3/c1-11-5-6-15(12(2)9-11)10-16-13(3)18-19(8-7-17)14(16)4/h5-6,9H,7-8,10,17H2,1-4H3. The SMILES string of the molecule is Cc1ccc(Cc2c(C)nn(CCN)c2C)c(C)c1. The van der Waals surface area contributed by atoms with Gasteiger partial charge in [0.1, 0.15) is 0 Å². The summed E-state index contributed by atoms with van der Waals surface area (Å²) in [5, 5.41) is 4.58. The summed E-state index contributed by atoms with van der Waals surface area (Å²) in [6.07, 6.45) is 0.953. The van der Waals surface area contributed by atoms with Crippen LogP contribution in [0.1, 0.15) is 33.6 Å². The molecule has 0 aliphatic rings. The van der Waals surface area contributed by atoms with Gasteiger partial charge in [-0.1, -0.05) is 23.8 Å². The van der Waals surface area contributed by atoms with E-state index in [2.05, 4.69) is 51.0 Å². The van der Waals surface area contributed by atoms with E-state index in [9.17, 15) is 0 Å². The molecule has 0 bridgehead atoms. The quantitative estimate of drug-likeness (QED) is 0.915. The monoisotopic (exact) mass is 257 g/mol. The molecule has 0 radical (unpaired) electrons. The van der Waals surface area contributed by atoms with Gasteiger partial charge in [-0.05, 0) is 38.8 Å². The van der Waals surface area contributed by atoms with Crippen LogP contribution < -0.4 is 5.73 Å². The third-order valence-corrected chi connectivity index (χ3v) is 3.74. The van der Waals surface area contributed by atoms with Crippen molar-refractivity contribution in [3.8, 4) is 0 Å². The fraction of sp³-hybridized carbons (Fsp3) is 0.438. The molecule has 0 spiro atoms. The van der Waals surface area contributed by atoms with Gasteiger partial charge in [0.15, 0.2) is 0 Å². The minimum atomic E-state index is 0.630. The molecule has 102 valence electrons.